The van der Waals surface area contributed by atoms with Crippen LogP contribution in [0, 0.1) is 3.57 Å². The highest BCUT2D eigenvalue weighted by Gasteiger charge is 2.30. The fourth-order valence-electron chi connectivity index (χ4n) is 2.75. The first kappa shape index (κ1) is 18.2. The predicted octanol–water partition coefficient (Wildman–Crippen LogP) is 4.46. The molecule has 7 heteroatoms. The summed E-state index contributed by atoms with van der Waals surface area (Å²) in [6.07, 6.45) is 1.34. The topological polar surface area (TPSA) is 68.5 Å². The SMILES string of the molecule is CC(C)(C)OC(=O)N1CCC(c2nc(-c3ccc(I)cc3)no2)CC1. The molecular weight excluding hydrogens is 433 g/mol. The Hall–Kier alpha value is -1.64. The minimum atomic E-state index is -0.469. The monoisotopic (exact) mass is 455 g/mol. The number of likely N-dealkylation sites (tertiary alicyclic amines) is 1. The molecule has 0 unspecified atom stereocenters. The van der Waals surface area contributed by atoms with Crippen LogP contribution in [-0.2, 0) is 4.74 Å². The van der Waals surface area contributed by atoms with Gasteiger partial charge in [-0.3, -0.25) is 0 Å². The summed E-state index contributed by atoms with van der Waals surface area (Å²) in [5, 5.41) is 4.10. The first-order valence-corrected chi connectivity index (χ1v) is 9.47. The number of nitrogens with zero attached hydrogens (tertiary/aromatic N) is 3. The molecule has 1 aliphatic heterocycles. The minimum Gasteiger partial charge on any atom is -0.444 e. The second-order valence-corrected chi connectivity index (χ2v) is 8.45. The largest absolute Gasteiger partial charge is 0.444 e. The Balaban J connectivity index is 1.60. The van der Waals surface area contributed by atoms with Crippen LogP contribution in [0.2, 0.25) is 0 Å². The molecule has 1 aromatic heterocycles. The molecule has 1 aliphatic rings. The summed E-state index contributed by atoms with van der Waals surface area (Å²) >= 11 is 2.26. The average molecular weight is 455 g/mol. The molecule has 0 N–H and O–H groups in total. The molecule has 25 heavy (non-hydrogen) atoms. The minimum absolute atomic E-state index is 0.184. The number of benzene rings is 1. The van der Waals surface area contributed by atoms with E-state index in [1.807, 2.05) is 45.0 Å². The van der Waals surface area contributed by atoms with Crippen LogP contribution < -0.4 is 0 Å². The molecule has 0 bridgehead atoms. The van der Waals surface area contributed by atoms with Gasteiger partial charge in [0.2, 0.25) is 11.7 Å². The summed E-state index contributed by atoms with van der Waals surface area (Å²) in [4.78, 5) is 18.4. The third kappa shape index (κ3) is 4.71. The molecule has 134 valence electrons. The van der Waals surface area contributed by atoms with Crippen LogP contribution >= 0.6 is 22.6 Å². The van der Waals surface area contributed by atoms with Gasteiger partial charge >= 0.3 is 6.09 Å². The number of ether oxygens (including phenoxy) is 1. The Bertz CT molecular complexity index is 729. The molecule has 6 nitrogen and oxygen atoms in total. The van der Waals surface area contributed by atoms with E-state index in [1.165, 1.54) is 3.57 Å². The van der Waals surface area contributed by atoms with Crippen LogP contribution in [0.3, 0.4) is 0 Å². The van der Waals surface area contributed by atoms with Crippen LogP contribution in [0.25, 0.3) is 11.4 Å². The average Bonchev–Trinajstić information content (AvgIpc) is 3.04. The van der Waals surface area contributed by atoms with Crippen molar-refractivity contribution >= 4 is 28.7 Å². The molecule has 0 radical (unpaired) electrons. The second kappa shape index (κ2) is 7.31. The fraction of sp³-hybridized carbons (Fsp3) is 0.500. The van der Waals surface area contributed by atoms with E-state index in [9.17, 15) is 4.79 Å². The summed E-state index contributed by atoms with van der Waals surface area (Å²) in [5.41, 5.74) is 0.477. The number of aromatic nitrogens is 2. The molecular formula is C18H22IN3O3. The molecule has 3 rings (SSSR count). The number of piperidine rings is 1. The number of amides is 1. The highest BCUT2D eigenvalue weighted by molar-refractivity contribution is 14.1. The summed E-state index contributed by atoms with van der Waals surface area (Å²) in [5.74, 6) is 1.45. The van der Waals surface area contributed by atoms with Gasteiger partial charge in [-0.2, -0.15) is 4.98 Å². The summed E-state index contributed by atoms with van der Waals surface area (Å²) in [7, 11) is 0. The predicted molar refractivity (Wildman–Crippen MR) is 102 cm³/mol. The molecule has 2 heterocycles. The molecule has 1 fully saturated rings. The lowest BCUT2D eigenvalue weighted by Crippen LogP contribution is -2.41. The molecule has 0 atom stereocenters. The van der Waals surface area contributed by atoms with Crippen molar-refractivity contribution in [3.05, 3.63) is 33.7 Å². The Morgan fingerprint density at radius 3 is 2.48 bits per heavy atom. The van der Waals surface area contributed by atoms with Crippen LogP contribution in [0.1, 0.15) is 45.4 Å². The van der Waals surface area contributed by atoms with E-state index in [4.69, 9.17) is 9.26 Å². The van der Waals surface area contributed by atoms with E-state index in [2.05, 4.69) is 32.7 Å². The van der Waals surface area contributed by atoms with E-state index in [1.54, 1.807) is 4.90 Å². The van der Waals surface area contributed by atoms with Crippen molar-refractivity contribution in [1.82, 2.24) is 15.0 Å². The summed E-state index contributed by atoms with van der Waals surface area (Å²) in [6.45, 7) is 6.91. The van der Waals surface area contributed by atoms with E-state index in [0.717, 1.165) is 18.4 Å². The molecule has 2 aromatic rings. The lowest BCUT2D eigenvalue weighted by Gasteiger charge is -2.32. The summed E-state index contributed by atoms with van der Waals surface area (Å²) < 4.78 is 12.1. The Kier molecular flexibility index (Phi) is 5.31. The summed E-state index contributed by atoms with van der Waals surface area (Å²) in [6, 6.07) is 8.01. The third-order valence-electron chi connectivity index (χ3n) is 4.04. The van der Waals surface area contributed by atoms with Gasteiger partial charge in [-0.1, -0.05) is 17.3 Å². The van der Waals surface area contributed by atoms with Gasteiger partial charge in [0.05, 0.1) is 0 Å². The lowest BCUT2D eigenvalue weighted by molar-refractivity contribution is 0.0198. The van der Waals surface area contributed by atoms with Gasteiger partial charge in [-0.05, 0) is 68.3 Å². The Labute approximate surface area is 161 Å². The molecule has 0 saturated carbocycles. The number of carbonyl (C=O) groups excluding carboxylic acids is 1. The highest BCUT2D eigenvalue weighted by atomic mass is 127. The molecule has 0 spiro atoms. The first-order valence-electron chi connectivity index (χ1n) is 8.39. The normalized spacial score (nSPS) is 16.1. The van der Waals surface area contributed by atoms with Crippen molar-refractivity contribution in [3.8, 4) is 11.4 Å². The number of carbonyl (C=O) groups is 1. The molecule has 1 saturated heterocycles. The van der Waals surface area contributed by atoms with Crippen molar-refractivity contribution in [2.75, 3.05) is 13.1 Å². The first-order chi connectivity index (χ1) is 11.8. The standard InChI is InChI=1S/C18H22IN3O3/c1-18(2,3)24-17(23)22-10-8-13(9-11-22)16-20-15(21-25-16)12-4-6-14(19)7-5-12/h4-7,13H,8-11H2,1-3H3. The van der Waals surface area contributed by atoms with Gasteiger partial charge in [-0.15, -0.1) is 0 Å². The van der Waals surface area contributed by atoms with E-state index in [0.29, 0.717) is 24.8 Å². The fourth-order valence-corrected chi connectivity index (χ4v) is 3.11. The smallest absolute Gasteiger partial charge is 0.410 e. The van der Waals surface area contributed by atoms with E-state index >= 15 is 0 Å². The van der Waals surface area contributed by atoms with Gasteiger partial charge in [0, 0.05) is 28.1 Å². The van der Waals surface area contributed by atoms with Crippen LogP contribution in [0.15, 0.2) is 28.8 Å². The molecule has 0 aliphatic carbocycles. The zero-order chi connectivity index (χ0) is 18.0. The lowest BCUT2D eigenvalue weighted by atomic mass is 9.97. The van der Waals surface area contributed by atoms with Gasteiger partial charge < -0.3 is 14.2 Å². The van der Waals surface area contributed by atoms with Crippen molar-refractivity contribution < 1.29 is 14.1 Å². The van der Waals surface area contributed by atoms with Crippen LogP contribution in [-0.4, -0.2) is 39.8 Å². The van der Waals surface area contributed by atoms with E-state index < -0.39 is 5.60 Å². The number of hydrogen-bond donors (Lipinski definition) is 0. The third-order valence-corrected chi connectivity index (χ3v) is 4.76. The van der Waals surface area contributed by atoms with E-state index in [-0.39, 0.29) is 12.0 Å². The van der Waals surface area contributed by atoms with Gasteiger partial charge in [0.25, 0.3) is 0 Å². The van der Waals surface area contributed by atoms with Crippen LogP contribution in [0.5, 0.6) is 0 Å². The maximum atomic E-state index is 12.1. The van der Waals surface area contributed by atoms with Gasteiger partial charge in [0.1, 0.15) is 5.60 Å². The quantitative estimate of drug-likeness (QED) is 0.626. The number of hydrogen-bond acceptors (Lipinski definition) is 5. The molecule has 1 amide bonds. The second-order valence-electron chi connectivity index (χ2n) is 7.20. The number of halogens is 1. The van der Waals surface area contributed by atoms with Crippen molar-refractivity contribution in [2.24, 2.45) is 0 Å². The van der Waals surface area contributed by atoms with Crippen molar-refractivity contribution in [3.63, 3.8) is 0 Å². The maximum absolute atomic E-state index is 12.1. The maximum Gasteiger partial charge on any atom is 0.410 e. The number of rotatable bonds is 2. The molecule has 1 aromatic carbocycles. The van der Waals surface area contributed by atoms with Crippen molar-refractivity contribution in [1.29, 1.82) is 0 Å². The van der Waals surface area contributed by atoms with Crippen LogP contribution in [0.4, 0.5) is 4.79 Å². The Morgan fingerprint density at radius 2 is 1.88 bits per heavy atom. The zero-order valence-corrected chi connectivity index (χ0v) is 16.8. The zero-order valence-electron chi connectivity index (χ0n) is 14.7. The Morgan fingerprint density at radius 1 is 1.24 bits per heavy atom. The van der Waals surface area contributed by atoms with Gasteiger partial charge in [-0.25, -0.2) is 4.79 Å². The van der Waals surface area contributed by atoms with Gasteiger partial charge in [0.15, 0.2) is 0 Å². The highest BCUT2D eigenvalue weighted by Crippen LogP contribution is 2.29. The van der Waals surface area contributed by atoms with Crippen molar-refractivity contribution in [2.45, 2.75) is 45.1 Å².